The van der Waals surface area contributed by atoms with Gasteiger partial charge >= 0.3 is 17.9 Å². The van der Waals surface area contributed by atoms with Crippen molar-refractivity contribution in [2.24, 2.45) is 23.7 Å². The van der Waals surface area contributed by atoms with Gasteiger partial charge in [0.25, 0.3) is 0 Å². The topological polar surface area (TPSA) is 277 Å². The Kier molecular flexibility index (Phi) is 30.9. The van der Waals surface area contributed by atoms with Crippen LogP contribution in [0.2, 0.25) is 0 Å². The Morgan fingerprint density at radius 2 is 0.577 bits per heavy atom. The zero-order valence-electron chi connectivity index (χ0n) is 76.7. The molecule has 16 unspecified atom stereocenters. The number of carbonyl (C=O) groups is 3. The van der Waals surface area contributed by atoms with E-state index in [4.69, 9.17) is 90.0 Å². The number of epoxide rings is 9. The van der Waals surface area contributed by atoms with Crippen molar-refractivity contribution in [3.05, 3.63) is 244 Å². The van der Waals surface area contributed by atoms with Crippen LogP contribution in [0.3, 0.4) is 0 Å². The highest BCUT2D eigenvalue weighted by Crippen LogP contribution is 2.46. The number of fused-ring (bicyclic) bond motifs is 2. The van der Waals surface area contributed by atoms with Crippen LogP contribution >= 0.6 is 0 Å². The summed E-state index contributed by atoms with van der Waals surface area (Å²) >= 11 is 0. The van der Waals surface area contributed by atoms with Crippen LogP contribution in [0, 0.1) is 23.7 Å². The molecule has 8 aromatic rings. The van der Waals surface area contributed by atoms with Gasteiger partial charge in [-0.2, -0.15) is 0 Å². The maximum atomic E-state index is 12.1. The van der Waals surface area contributed by atoms with Gasteiger partial charge in [-0.05, 0) is 213 Å². The van der Waals surface area contributed by atoms with Crippen LogP contribution in [0.5, 0.6) is 40.2 Å². The number of esters is 3. The zero-order chi connectivity index (χ0) is 90.4. The molecule has 0 radical (unpaired) electrons. The van der Waals surface area contributed by atoms with E-state index in [0.717, 1.165) is 125 Å². The Morgan fingerprint density at radius 3 is 0.869 bits per heavy atom. The number of aliphatic hydroxyl groups is 1. The molecule has 12 aliphatic rings. The molecule has 0 amide bonds. The molecule has 696 valence electrons. The monoisotopic (exact) mass is 1780 g/mol. The number of ether oxygens (including phenoxy) is 19. The van der Waals surface area contributed by atoms with E-state index in [2.05, 4.69) is 194 Å². The smallest absolute Gasteiger partial charge is 0.309 e. The number of aliphatic hydroxyl groups excluding tert-OH is 1. The predicted molar refractivity (Wildman–Crippen MR) is 488 cm³/mol. The van der Waals surface area contributed by atoms with Gasteiger partial charge < -0.3 is 95.1 Å². The predicted octanol–water partition coefficient (Wildman–Crippen LogP) is 16.8. The fourth-order valence-electron chi connectivity index (χ4n) is 17.1. The average Bonchev–Trinajstić information content (AvgIpc) is 1.73. The minimum Gasteiger partial charge on any atom is -0.494 e. The third-order valence-corrected chi connectivity index (χ3v) is 26.8. The molecular weight excluding hydrogens is 1650 g/mol. The third kappa shape index (κ3) is 26.9. The molecule has 130 heavy (non-hydrogen) atoms. The molecule has 1 N–H and O–H groups in total. The van der Waals surface area contributed by atoms with Crippen LogP contribution < -0.4 is 33.2 Å². The van der Waals surface area contributed by atoms with Gasteiger partial charge in [-0.1, -0.05) is 164 Å². The lowest BCUT2D eigenvalue weighted by atomic mass is 9.70. The quantitative estimate of drug-likeness (QED) is 0.0163. The van der Waals surface area contributed by atoms with Gasteiger partial charge in [-0.15, -0.1) is 0 Å². The summed E-state index contributed by atoms with van der Waals surface area (Å²) in [7, 11) is 0. The molecule has 3 saturated carbocycles. The zero-order valence-corrected chi connectivity index (χ0v) is 76.7. The molecule has 9 aliphatic heterocycles. The molecule has 0 aromatic heterocycles. The first-order valence-corrected chi connectivity index (χ1v) is 47.0. The van der Waals surface area contributed by atoms with Crippen LogP contribution in [-0.2, 0) is 92.9 Å². The molecule has 12 fully saturated rings. The largest absolute Gasteiger partial charge is 0.494 e. The normalized spacial score (nSPS) is 25.9. The number of hydrogen-bond acceptors (Lipinski definition) is 23. The van der Waals surface area contributed by atoms with Crippen LogP contribution in [0.4, 0.5) is 0 Å². The molecule has 0 spiro atoms. The highest BCUT2D eigenvalue weighted by Gasteiger charge is 2.48. The Hall–Kier alpha value is -9.63. The minimum absolute atomic E-state index is 0.00258. The standard InChI is InChI=1S/C38H40O6.C21H26O4.C20H24O3.C14H20O6.C14H20O4/c1-37(2,27-8-14-31(15-9-27)39-20-34-23-42-34)26-4-6-28(7-5-26)38(3,29-10-16-32(17-11-29)40-21-35-24-43-35)30-12-18-33(19-13-30)41-22-36-25-44-36;1-15(22)12-23-18-8-4-16(5-9-18)21(2,3)17-6-10-19(11-7-17)24-13-20-14-25-20;1-4-21-17-9-5-15(6-10-17)20(2,3)16-7-11-18(12-8-16)22-13-19-14-23-19;15-13(19-7-9-5-17-9)11-3-1-2-4-12(11)14(16)20-8-10-6-18-10;15-14(9-2-4-11-13(6-9)18-11)16-7-8-1-3-10-12(5-8)17-10/h4-19,34-36H,20-25H2,1-3H3;4-11,15,20,22H,12-14H2,1-3H3;5-12,19H,4,13-14H2,1-3H3;9-12H,1-8H2;8-13H,1-7H2. The molecule has 23 heteroatoms. The first kappa shape index (κ1) is 93.6. The van der Waals surface area contributed by atoms with Crippen LogP contribution in [0.1, 0.15) is 177 Å². The van der Waals surface area contributed by atoms with E-state index in [0.29, 0.717) is 122 Å². The average molecular weight is 1780 g/mol. The molecule has 20 rings (SSSR count). The second-order valence-electron chi connectivity index (χ2n) is 38.1. The van der Waals surface area contributed by atoms with Gasteiger partial charge in [-0.3, -0.25) is 14.4 Å². The first-order valence-electron chi connectivity index (χ1n) is 47.0. The fourth-order valence-corrected chi connectivity index (χ4v) is 17.1. The van der Waals surface area contributed by atoms with Crippen molar-refractivity contribution in [2.75, 3.05) is 112 Å². The summed E-state index contributed by atoms with van der Waals surface area (Å²) in [6.45, 7) is 30.0. The van der Waals surface area contributed by atoms with Crippen molar-refractivity contribution < 1.29 is 109 Å². The minimum atomic E-state index is -0.469. The third-order valence-electron chi connectivity index (χ3n) is 26.8. The highest BCUT2D eigenvalue weighted by molar-refractivity contribution is 5.82. The number of hydrogen-bond donors (Lipinski definition) is 1. The Labute approximate surface area is 765 Å². The van der Waals surface area contributed by atoms with E-state index in [1.807, 2.05) is 55.5 Å². The van der Waals surface area contributed by atoms with E-state index >= 15 is 0 Å². The molecule has 3 aliphatic carbocycles. The summed E-state index contributed by atoms with van der Waals surface area (Å²) in [5, 5.41) is 9.30. The molecule has 9 saturated heterocycles. The van der Waals surface area contributed by atoms with Crippen LogP contribution in [-0.4, -0.2) is 209 Å². The molecule has 16 atom stereocenters. The van der Waals surface area contributed by atoms with Gasteiger partial charge in [0.1, 0.15) is 136 Å². The first-order chi connectivity index (χ1) is 62.9. The Balaban J connectivity index is 0.000000125. The van der Waals surface area contributed by atoms with Crippen LogP contribution in [0.15, 0.2) is 194 Å². The van der Waals surface area contributed by atoms with E-state index in [1.54, 1.807) is 6.92 Å². The molecule has 0 bridgehead atoms. The number of benzene rings is 8. The van der Waals surface area contributed by atoms with E-state index < -0.39 is 11.5 Å². The maximum absolute atomic E-state index is 12.1. The summed E-state index contributed by atoms with van der Waals surface area (Å²) in [6.07, 6.45) is 12.2. The molecular formula is C107H130O23. The number of rotatable bonds is 38. The molecule has 9 heterocycles. The lowest BCUT2D eigenvalue weighted by molar-refractivity contribution is -0.163. The summed E-state index contributed by atoms with van der Waals surface area (Å²) in [4.78, 5) is 36.2. The SMILES string of the molecule is CC(C)(c1ccc(OCC2CO2)cc1)c1ccc(C(C)(c2ccc(OCC3CO3)cc2)c2ccc(OCC3CO3)cc2)cc1.CC(O)COc1ccc(C(C)(C)c2ccc(OCC3CO3)cc2)cc1.CCOc1ccc(C(C)(C)c2ccc(OCC3CO3)cc2)cc1.O=C(OCC1CCC2OC2C1)C1CCC2OC2C1.O=C(OCC1CO1)C1CCCCC1C(=O)OCC1CO1. The van der Waals surface area contributed by atoms with Crippen molar-refractivity contribution in [1.29, 1.82) is 0 Å². The maximum Gasteiger partial charge on any atom is 0.309 e. The van der Waals surface area contributed by atoms with E-state index in [1.165, 1.54) is 50.1 Å². The van der Waals surface area contributed by atoms with Gasteiger partial charge in [0.2, 0.25) is 0 Å². The summed E-state index contributed by atoms with van der Waals surface area (Å²) in [6, 6.07) is 67.5. The lowest BCUT2D eigenvalue weighted by Gasteiger charge is -2.33. The van der Waals surface area contributed by atoms with Crippen molar-refractivity contribution in [3.8, 4) is 40.2 Å². The summed E-state index contributed by atoms with van der Waals surface area (Å²) in [5.74, 6) is 5.34. The van der Waals surface area contributed by atoms with Crippen molar-refractivity contribution in [3.63, 3.8) is 0 Å². The van der Waals surface area contributed by atoms with Gasteiger partial charge in [0.15, 0.2) is 0 Å². The molecule has 23 nitrogen and oxygen atoms in total. The Morgan fingerprint density at radius 1 is 0.315 bits per heavy atom. The fraction of sp³-hybridized carbons (Fsp3) is 0.523. The van der Waals surface area contributed by atoms with Crippen molar-refractivity contribution in [2.45, 2.75) is 221 Å². The second-order valence-corrected chi connectivity index (χ2v) is 38.1. The van der Waals surface area contributed by atoms with E-state index in [9.17, 15) is 19.5 Å². The van der Waals surface area contributed by atoms with Crippen LogP contribution in [0.25, 0.3) is 0 Å². The second kappa shape index (κ2) is 42.9. The highest BCUT2D eigenvalue weighted by atomic mass is 16.6. The summed E-state index contributed by atoms with van der Waals surface area (Å²) < 4.78 is 103. The van der Waals surface area contributed by atoms with Gasteiger partial charge in [-0.25, -0.2) is 0 Å². The van der Waals surface area contributed by atoms with Gasteiger partial charge in [0.05, 0.1) is 108 Å². The molecule has 8 aromatic carbocycles. The summed E-state index contributed by atoms with van der Waals surface area (Å²) in [5.41, 5.74) is 10.3. The van der Waals surface area contributed by atoms with Crippen molar-refractivity contribution >= 4 is 17.9 Å². The Bertz CT molecular complexity index is 4750. The van der Waals surface area contributed by atoms with Gasteiger partial charge in [0, 0.05) is 21.7 Å². The lowest BCUT2D eigenvalue weighted by Crippen LogP contribution is -2.35. The number of carbonyl (C=O) groups excluding carboxylic acids is 3. The van der Waals surface area contributed by atoms with Crippen molar-refractivity contribution in [1.82, 2.24) is 0 Å². The van der Waals surface area contributed by atoms with E-state index in [-0.39, 0.29) is 94.6 Å².